The van der Waals surface area contributed by atoms with Crippen molar-refractivity contribution in [2.75, 3.05) is 10.2 Å². The van der Waals surface area contributed by atoms with E-state index in [0.717, 1.165) is 16.7 Å². The van der Waals surface area contributed by atoms with Crippen molar-refractivity contribution in [3.63, 3.8) is 0 Å². The number of carbonyl (C=O) groups excluding carboxylic acids is 2. The summed E-state index contributed by atoms with van der Waals surface area (Å²) in [5, 5.41) is 3.09. The average Bonchev–Trinajstić information content (AvgIpc) is 2.69. The van der Waals surface area contributed by atoms with E-state index in [1.54, 1.807) is 18.2 Å². The molecule has 3 aromatic rings. The Balaban J connectivity index is 1.87. The second-order valence-corrected chi connectivity index (χ2v) is 7.01. The van der Waals surface area contributed by atoms with Gasteiger partial charge in [0.15, 0.2) is 0 Å². The Bertz CT molecular complexity index is 965. The molecule has 0 aliphatic carbocycles. The topological polar surface area (TPSA) is 49.4 Å². The Morgan fingerprint density at radius 2 is 1.54 bits per heavy atom. The maximum Gasteiger partial charge on any atom is 0.316 e. The second-order valence-electron chi connectivity index (χ2n) is 6.61. The molecule has 0 bridgehead atoms. The minimum atomic E-state index is -0.728. The predicted molar refractivity (Wildman–Crippen MR) is 114 cm³/mol. The first-order chi connectivity index (χ1) is 13.5. The molecule has 0 fully saturated rings. The van der Waals surface area contributed by atoms with Crippen LogP contribution in [0.15, 0.2) is 72.8 Å². The monoisotopic (exact) mass is 392 g/mol. The number of nitrogens with one attached hydrogen (secondary N) is 1. The Morgan fingerprint density at radius 1 is 0.929 bits per heavy atom. The van der Waals surface area contributed by atoms with E-state index in [2.05, 4.69) is 5.32 Å². The first kappa shape index (κ1) is 19.6. The van der Waals surface area contributed by atoms with E-state index < -0.39 is 11.8 Å². The second kappa shape index (κ2) is 8.72. The number of hydrogen-bond acceptors (Lipinski definition) is 2. The van der Waals surface area contributed by atoms with Crippen LogP contribution in [0.5, 0.6) is 0 Å². The van der Waals surface area contributed by atoms with Crippen LogP contribution in [-0.4, -0.2) is 11.8 Å². The van der Waals surface area contributed by atoms with Crippen molar-refractivity contribution in [2.24, 2.45) is 0 Å². The summed E-state index contributed by atoms with van der Waals surface area (Å²) in [5.74, 6) is -1.38. The summed E-state index contributed by atoms with van der Waals surface area (Å²) in [4.78, 5) is 27.2. The molecule has 0 aromatic heterocycles. The highest BCUT2D eigenvalue weighted by Crippen LogP contribution is 2.27. The fourth-order valence-corrected chi connectivity index (χ4v) is 3.39. The molecule has 0 saturated heterocycles. The highest BCUT2D eigenvalue weighted by atomic mass is 35.5. The average molecular weight is 393 g/mol. The van der Waals surface area contributed by atoms with Crippen LogP contribution in [-0.2, 0) is 16.1 Å². The van der Waals surface area contributed by atoms with Crippen LogP contribution in [0.25, 0.3) is 0 Å². The van der Waals surface area contributed by atoms with E-state index in [1.807, 2.05) is 68.4 Å². The van der Waals surface area contributed by atoms with E-state index in [1.165, 1.54) is 4.90 Å². The largest absolute Gasteiger partial charge is 0.316 e. The number of anilines is 2. The maximum atomic E-state index is 13.0. The lowest BCUT2D eigenvalue weighted by Crippen LogP contribution is -2.39. The molecule has 3 rings (SSSR count). The normalized spacial score (nSPS) is 10.4. The van der Waals surface area contributed by atoms with Crippen molar-refractivity contribution in [1.82, 2.24) is 0 Å². The van der Waals surface area contributed by atoms with Crippen LogP contribution in [0.1, 0.15) is 16.7 Å². The predicted octanol–water partition coefficient (Wildman–Crippen LogP) is 5.13. The lowest BCUT2D eigenvalue weighted by atomic mass is 10.1. The van der Waals surface area contributed by atoms with Gasteiger partial charge in [-0.15, -0.1) is 0 Å². The van der Waals surface area contributed by atoms with Gasteiger partial charge in [0.1, 0.15) is 0 Å². The van der Waals surface area contributed by atoms with E-state index in [-0.39, 0.29) is 6.54 Å². The van der Waals surface area contributed by atoms with Gasteiger partial charge in [-0.25, -0.2) is 0 Å². The number of carbonyl (C=O) groups is 2. The third-order valence-corrected chi connectivity index (χ3v) is 4.66. The zero-order chi connectivity index (χ0) is 20.1. The van der Waals surface area contributed by atoms with Crippen LogP contribution in [0.4, 0.5) is 11.4 Å². The van der Waals surface area contributed by atoms with Gasteiger partial charge in [0.25, 0.3) is 0 Å². The summed E-state index contributed by atoms with van der Waals surface area (Å²) in [5.41, 5.74) is 3.83. The van der Waals surface area contributed by atoms with Gasteiger partial charge in [0.05, 0.1) is 17.3 Å². The third kappa shape index (κ3) is 4.59. The Labute approximate surface area is 169 Å². The quantitative estimate of drug-likeness (QED) is 0.626. The lowest BCUT2D eigenvalue weighted by Gasteiger charge is -2.23. The summed E-state index contributed by atoms with van der Waals surface area (Å²) in [6, 6.07) is 22.4. The molecule has 0 atom stereocenters. The molecule has 142 valence electrons. The summed E-state index contributed by atoms with van der Waals surface area (Å²) in [6.07, 6.45) is 0. The molecule has 0 saturated carbocycles. The standard InChI is InChI=1S/C23H21ClN2O2/c1-16-13-17(2)21(20(24)14-16)25-22(27)23(28)26(19-11-7-4-8-12-19)15-18-9-5-3-6-10-18/h3-14H,15H2,1-2H3,(H,25,27). The smallest absolute Gasteiger partial charge is 0.316 e. The van der Waals surface area contributed by atoms with Gasteiger partial charge in [-0.3, -0.25) is 14.5 Å². The molecule has 4 nitrogen and oxygen atoms in total. The van der Waals surface area contributed by atoms with Crippen molar-refractivity contribution >= 4 is 34.8 Å². The minimum Gasteiger partial charge on any atom is -0.316 e. The molecule has 0 unspecified atom stereocenters. The Kier molecular flexibility index (Phi) is 6.12. The van der Waals surface area contributed by atoms with E-state index in [0.29, 0.717) is 16.4 Å². The number of para-hydroxylation sites is 1. The van der Waals surface area contributed by atoms with Crippen molar-refractivity contribution in [1.29, 1.82) is 0 Å². The number of benzene rings is 3. The van der Waals surface area contributed by atoms with Crippen LogP contribution in [0, 0.1) is 13.8 Å². The van der Waals surface area contributed by atoms with Gasteiger partial charge in [0.2, 0.25) is 0 Å². The van der Waals surface area contributed by atoms with Crippen molar-refractivity contribution in [3.05, 3.63) is 94.5 Å². The number of halogens is 1. The summed E-state index contributed by atoms with van der Waals surface area (Å²) in [7, 11) is 0. The molecular formula is C23H21ClN2O2. The van der Waals surface area contributed by atoms with E-state index >= 15 is 0 Å². The van der Waals surface area contributed by atoms with E-state index in [4.69, 9.17) is 11.6 Å². The molecule has 2 amide bonds. The van der Waals surface area contributed by atoms with Crippen molar-refractivity contribution < 1.29 is 9.59 Å². The van der Waals surface area contributed by atoms with Gasteiger partial charge < -0.3 is 5.32 Å². The number of amides is 2. The number of hydrogen-bond donors (Lipinski definition) is 1. The Morgan fingerprint density at radius 3 is 2.14 bits per heavy atom. The summed E-state index contributed by atoms with van der Waals surface area (Å²) >= 11 is 6.27. The molecule has 0 heterocycles. The molecule has 28 heavy (non-hydrogen) atoms. The van der Waals surface area contributed by atoms with Crippen LogP contribution in [0.2, 0.25) is 5.02 Å². The highest BCUT2D eigenvalue weighted by molar-refractivity contribution is 6.45. The fraction of sp³-hybridized carbons (Fsp3) is 0.130. The zero-order valence-electron chi connectivity index (χ0n) is 15.8. The first-order valence-corrected chi connectivity index (χ1v) is 9.32. The third-order valence-electron chi connectivity index (χ3n) is 4.36. The summed E-state index contributed by atoms with van der Waals surface area (Å²) < 4.78 is 0. The van der Waals surface area contributed by atoms with Gasteiger partial charge in [-0.05, 0) is 48.7 Å². The van der Waals surface area contributed by atoms with Crippen molar-refractivity contribution in [3.8, 4) is 0 Å². The molecule has 0 aliphatic heterocycles. The maximum absolute atomic E-state index is 13.0. The van der Waals surface area contributed by atoms with Gasteiger partial charge in [0, 0.05) is 5.69 Å². The SMILES string of the molecule is Cc1cc(C)c(NC(=O)C(=O)N(Cc2ccccc2)c2ccccc2)c(Cl)c1. The number of rotatable bonds is 4. The Hall–Kier alpha value is -3.11. The molecule has 0 aliphatic rings. The first-order valence-electron chi connectivity index (χ1n) is 8.94. The minimum absolute atomic E-state index is 0.289. The van der Waals surface area contributed by atoms with Crippen LogP contribution < -0.4 is 10.2 Å². The molecule has 3 aromatic carbocycles. The van der Waals surface area contributed by atoms with Gasteiger partial charge >= 0.3 is 11.8 Å². The van der Waals surface area contributed by atoms with Crippen LogP contribution in [0.3, 0.4) is 0 Å². The van der Waals surface area contributed by atoms with Gasteiger partial charge in [-0.1, -0.05) is 66.2 Å². The zero-order valence-corrected chi connectivity index (χ0v) is 16.5. The van der Waals surface area contributed by atoms with E-state index in [9.17, 15) is 9.59 Å². The molecular weight excluding hydrogens is 372 g/mol. The van der Waals surface area contributed by atoms with Gasteiger partial charge in [-0.2, -0.15) is 0 Å². The number of nitrogens with zero attached hydrogens (tertiary/aromatic N) is 1. The number of aryl methyl sites for hydroxylation is 2. The lowest BCUT2D eigenvalue weighted by molar-refractivity contribution is -0.134. The molecule has 0 radical (unpaired) electrons. The molecule has 0 spiro atoms. The highest BCUT2D eigenvalue weighted by Gasteiger charge is 2.24. The fourth-order valence-electron chi connectivity index (χ4n) is 3.02. The molecule has 1 N–H and O–H groups in total. The summed E-state index contributed by atoms with van der Waals surface area (Å²) in [6.45, 7) is 4.06. The molecule has 5 heteroatoms. The van der Waals surface area contributed by atoms with Crippen LogP contribution >= 0.6 is 11.6 Å². The van der Waals surface area contributed by atoms with Crippen molar-refractivity contribution in [2.45, 2.75) is 20.4 Å².